The maximum absolute atomic E-state index is 12.2. The van der Waals surface area contributed by atoms with Crippen LogP contribution in [-0.2, 0) is 4.79 Å². The molecule has 28 heavy (non-hydrogen) atoms. The molecule has 6 nitrogen and oxygen atoms in total. The van der Waals surface area contributed by atoms with Gasteiger partial charge in [0.25, 0.3) is 5.91 Å². The highest BCUT2D eigenvalue weighted by Gasteiger charge is 2.09. The monoisotopic (exact) mass is 377 g/mol. The van der Waals surface area contributed by atoms with Crippen LogP contribution in [0.3, 0.4) is 0 Å². The summed E-state index contributed by atoms with van der Waals surface area (Å²) in [7, 11) is 1.57. The quantitative estimate of drug-likeness (QED) is 0.499. The number of anilines is 1. The number of ether oxygens (including phenoxy) is 3. The molecule has 0 spiro atoms. The highest BCUT2D eigenvalue weighted by molar-refractivity contribution is 6.04. The average Bonchev–Trinajstić information content (AvgIpc) is 2.74. The van der Waals surface area contributed by atoms with Gasteiger partial charge in [-0.05, 0) is 60.7 Å². The van der Waals surface area contributed by atoms with Crippen molar-refractivity contribution < 1.29 is 23.8 Å². The molecule has 0 atom stereocenters. The number of para-hydroxylation sites is 1. The Kier molecular flexibility index (Phi) is 6.25. The Bertz CT molecular complexity index is 921. The van der Waals surface area contributed by atoms with Crippen molar-refractivity contribution in [1.29, 1.82) is 0 Å². The number of nitrogens with one attached hydrogen (secondary N) is 1. The number of hydrogen-bond acceptors (Lipinski definition) is 5. The van der Waals surface area contributed by atoms with Gasteiger partial charge in [-0.25, -0.2) is 4.79 Å². The molecular weight excluding hydrogens is 358 g/mol. The normalized spacial score (nSPS) is 10.0. The molecule has 0 aliphatic carbocycles. The van der Waals surface area contributed by atoms with Gasteiger partial charge in [0.15, 0.2) is 6.61 Å². The highest BCUT2D eigenvalue weighted by atomic mass is 16.6. The molecule has 0 aromatic heterocycles. The molecule has 0 unspecified atom stereocenters. The lowest BCUT2D eigenvalue weighted by Gasteiger charge is -2.08. The fourth-order valence-electron chi connectivity index (χ4n) is 2.37. The lowest BCUT2D eigenvalue weighted by atomic mass is 10.2. The van der Waals surface area contributed by atoms with Crippen LogP contribution in [0.15, 0.2) is 78.9 Å². The molecule has 1 amide bonds. The van der Waals surface area contributed by atoms with Crippen LogP contribution in [0.2, 0.25) is 0 Å². The topological polar surface area (TPSA) is 73.9 Å². The molecule has 3 rings (SSSR count). The molecule has 142 valence electrons. The first kappa shape index (κ1) is 19.0. The van der Waals surface area contributed by atoms with E-state index in [0.717, 1.165) is 0 Å². The Morgan fingerprint density at radius 3 is 2.04 bits per heavy atom. The third-order valence-electron chi connectivity index (χ3n) is 3.80. The van der Waals surface area contributed by atoms with Crippen molar-refractivity contribution >= 4 is 17.6 Å². The predicted molar refractivity (Wildman–Crippen MR) is 105 cm³/mol. The number of rotatable bonds is 7. The van der Waals surface area contributed by atoms with E-state index in [1.54, 1.807) is 67.8 Å². The largest absolute Gasteiger partial charge is 0.497 e. The smallest absolute Gasteiger partial charge is 0.349 e. The maximum Gasteiger partial charge on any atom is 0.349 e. The standard InChI is InChI=1S/C22H19NO5/c1-26-18-11-13-19(14-12-18)27-15-21(24)28-20-9-7-16(8-10-20)22(25)23-17-5-3-2-4-6-17/h2-14H,15H2,1H3,(H,23,25). The third kappa shape index (κ3) is 5.35. The van der Waals surface area contributed by atoms with Crippen molar-refractivity contribution in [2.45, 2.75) is 0 Å². The maximum atomic E-state index is 12.2. The van der Waals surface area contributed by atoms with E-state index < -0.39 is 5.97 Å². The van der Waals surface area contributed by atoms with Gasteiger partial charge < -0.3 is 19.5 Å². The van der Waals surface area contributed by atoms with Crippen molar-refractivity contribution in [1.82, 2.24) is 0 Å². The summed E-state index contributed by atoms with van der Waals surface area (Å²) >= 11 is 0. The van der Waals surface area contributed by atoms with Crippen LogP contribution < -0.4 is 19.5 Å². The van der Waals surface area contributed by atoms with Gasteiger partial charge in [0, 0.05) is 11.3 Å². The zero-order valence-corrected chi connectivity index (χ0v) is 15.3. The SMILES string of the molecule is COc1ccc(OCC(=O)Oc2ccc(C(=O)Nc3ccccc3)cc2)cc1. The Balaban J connectivity index is 1.50. The highest BCUT2D eigenvalue weighted by Crippen LogP contribution is 2.18. The van der Waals surface area contributed by atoms with E-state index >= 15 is 0 Å². The number of carbonyl (C=O) groups is 2. The van der Waals surface area contributed by atoms with Crippen LogP contribution in [0.4, 0.5) is 5.69 Å². The first-order chi connectivity index (χ1) is 13.6. The van der Waals surface area contributed by atoms with E-state index in [1.165, 1.54) is 0 Å². The summed E-state index contributed by atoms with van der Waals surface area (Å²) in [5.41, 5.74) is 1.16. The summed E-state index contributed by atoms with van der Waals surface area (Å²) in [6, 6.07) is 22.3. The number of hydrogen-bond donors (Lipinski definition) is 1. The number of amides is 1. The van der Waals surface area contributed by atoms with Crippen molar-refractivity contribution in [3.05, 3.63) is 84.4 Å². The summed E-state index contributed by atoms with van der Waals surface area (Å²) in [4.78, 5) is 24.1. The van der Waals surface area contributed by atoms with E-state index in [4.69, 9.17) is 14.2 Å². The Morgan fingerprint density at radius 1 is 0.786 bits per heavy atom. The van der Waals surface area contributed by atoms with Crippen LogP contribution in [0.25, 0.3) is 0 Å². The number of benzene rings is 3. The zero-order chi connectivity index (χ0) is 19.8. The third-order valence-corrected chi connectivity index (χ3v) is 3.80. The molecule has 0 fully saturated rings. The summed E-state index contributed by atoms with van der Waals surface area (Å²) in [6.07, 6.45) is 0. The fraction of sp³-hybridized carbons (Fsp3) is 0.0909. The molecule has 1 N–H and O–H groups in total. The van der Waals surface area contributed by atoms with Crippen molar-refractivity contribution in [3.63, 3.8) is 0 Å². The molecule has 0 saturated carbocycles. The summed E-state index contributed by atoms with van der Waals surface area (Å²) in [6.45, 7) is -0.234. The van der Waals surface area contributed by atoms with Crippen LogP contribution in [0.5, 0.6) is 17.2 Å². The second kappa shape index (κ2) is 9.23. The zero-order valence-electron chi connectivity index (χ0n) is 15.3. The molecule has 0 heterocycles. The molecule has 3 aromatic rings. The van der Waals surface area contributed by atoms with Gasteiger partial charge in [-0.2, -0.15) is 0 Å². The van der Waals surface area contributed by atoms with Crippen molar-refractivity contribution in [3.8, 4) is 17.2 Å². The minimum atomic E-state index is -0.544. The summed E-state index contributed by atoms with van der Waals surface area (Å²) < 4.78 is 15.6. The predicted octanol–water partition coefficient (Wildman–Crippen LogP) is 3.93. The van der Waals surface area contributed by atoms with Gasteiger partial charge in [-0.15, -0.1) is 0 Å². The molecule has 0 saturated heterocycles. The van der Waals surface area contributed by atoms with Gasteiger partial charge in [0.2, 0.25) is 0 Å². The molecule has 3 aromatic carbocycles. The minimum Gasteiger partial charge on any atom is -0.497 e. The van der Waals surface area contributed by atoms with Crippen molar-refractivity contribution in [2.75, 3.05) is 19.0 Å². The molecular formula is C22H19NO5. The molecule has 0 radical (unpaired) electrons. The van der Waals surface area contributed by atoms with Crippen LogP contribution >= 0.6 is 0 Å². The average molecular weight is 377 g/mol. The number of carbonyl (C=O) groups excluding carboxylic acids is 2. The van der Waals surface area contributed by atoms with Gasteiger partial charge in [0.05, 0.1) is 7.11 Å². The van der Waals surface area contributed by atoms with Crippen LogP contribution in [0, 0.1) is 0 Å². The summed E-state index contributed by atoms with van der Waals surface area (Å²) in [5.74, 6) is 0.779. The first-order valence-corrected chi connectivity index (χ1v) is 8.58. The summed E-state index contributed by atoms with van der Waals surface area (Å²) in [5, 5.41) is 2.79. The molecule has 6 heteroatoms. The van der Waals surface area contributed by atoms with E-state index in [-0.39, 0.29) is 12.5 Å². The van der Waals surface area contributed by atoms with Gasteiger partial charge >= 0.3 is 5.97 Å². The van der Waals surface area contributed by atoms with Crippen LogP contribution in [-0.4, -0.2) is 25.6 Å². The Morgan fingerprint density at radius 2 is 1.39 bits per heavy atom. The molecule has 0 bridgehead atoms. The van der Waals surface area contributed by atoms with Crippen molar-refractivity contribution in [2.24, 2.45) is 0 Å². The molecule has 0 aliphatic heterocycles. The van der Waals surface area contributed by atoms with E-state index in [9.17, 15) is 9.59 Å². The first-order valence-electron chi connectivity index (χ1n) is 8.58. The minimum absolute atomic E-state index is 0.234. The number of esters is 1. The van der Waals surface area contributed by atoms with Gasteiger partial charge in [0.1, 0.15) is 17.2 Å². The lowest BCUT2D eigenvalue weighted by Crippen LogP contribution is -2.18. The van der Waals surface area contributed by atoms with Gasteiger partial charge in [-0.1, -0.05) is 18.2 Å². The van der Waals surface area contributed by atoms with Crippen LogP contribution in [0.1, 0.15) is 10.4 Å². The van der Waals surface area contributed by atoms with E-state index in [1.807, 2.05) is 18.2 Å². The lowest BCUT2D eigenvalue weighted by molar-refractivity contribution is -0.136. The van der Waals surface area contributed by atoms with Gasteiger partial charge in [-0.3, -0.25) is 4.79 Å². The van der Waals surface area contributed by atoms with E-state index in [0.29, 0.717) is 28.5 Å². The number of methoxy groups -OCH3 is 1. The Labute approximate surface area is 162 Å². The second-order valence-electron chi connectivity index (χ2n) is 5.78. The Hall–Kier alpha value is -3.80. The second-order valence-corrected chi connectivity index (χ2v) is 5.78. The fourth-order valence-corrected chi connectivity index (χ4v) is 2.37. The van der Waals surface area contributed by atoms with E-state index in [2.05, 4.69) is 5.32 Å². The molecule has 0 aliphatic rings.